The fourth-order valence-electron chi connectivity index (χ4n) is 1.99. The van der Waals surface area contributed by atoms with E-state index in [9.17, 15) is 35.3 Å². The van der Waals surface area contributed by atoms with Gasteiger partial charge < -0.3 is 9.05 Å². The van der Waals surface area contributed by atoms with Gasteiger partial charge in [0.15, 0.2) is 0 Å². The molecule has 0 radical (unpaired) electrons. The van der Waals surface area contributed by atoms with Crippen molar-refractivity contribution in [1.29, 1.82) is 0 Å². The maximum absolute atomic E-state index is 13.6. The van der Waals surface area contributed by atoms with Crippen LogP contribution in [0.2, 0.25) is 0 Å². The molecule has 0 bridgehead atoms. The van der Waals surface area contributed by atoms with E-state index < -0.39 is 32.5 Å². The summed E-state index contributed by atoms with van der Waals surface area (Å²) in [7, 11) is -5.09. The number of hydrogen-bond donors (Lipinski definition) is 0. The van der Waals surface area contributed by atoms with Gasteiger partial charge in [0.2, 0.25) is 0 Å². The van der Waals surface area contributed by atoms with Crippen molar-refractivity contribution in [3.63, 3.8) is 0 Å². The van der Waals surface area contributed by atoms with Crippen molar-refractivity contribution < 1.29 is 48.9 Å². The van der Waals surface area contributed by atoms with Gasteiger partial charge in [-0.2, -0.15) is 30.7 Å². The zero-order valence-electron chi connectivity index (χ0n) is 15.6. The molecule has 30 heavy (non-hydrogen) atoms. The second-order valence-electron chi connectivity index (χ2n) is 6.31. The van der Waals surface area contributed by atoms with E-state index in [1.165, 1.54) is 48.5 Å². The van der Waals surface area contributed by atoms with Gasteiger partial charge in [0.1, 0.15) is 18.1 Å². The first-order valence-corrected chi connectivity index (χ1v) is 9.71. The normalized spacial score (nSPS) is 13.2. The third-order valence-corrected chi connectivity index (χ3v) is 5.01. The lowest BCUT2D eigenvalue weighted by Crippen LogP contribution is -2.54. The molecule has 0 aliphatic rings. The van der Waals surface area contributed by atoms with Crippen LogP contribution in [0.1, 0.15) is 11.1 Å². The number of aryl methyl sites for hydroxylation is 2. The van der Waals surface area contributed by atoms with Gasteiger partial charge in [0.25, 0.3) is 0 Å². The summed E-state index contributed by atoms with van der Waals surface area (Å²) in [4.78, 5) is 0. The van der Waals surface area contributed by atoms with Crippen LogP contribution in [0, 0.1) is 13.8 Å². The third-order valence-electron chi connectivity index (χ3n) is 3.70. The molecule has 0 N–H and O–H groups in total. The molecule has 12 heteroatoms. The number of hydrogen-bond acceptors (Lipinski definition) is 4. The van der Waals surface area contributed by atoms with Crippen LogP contribution in [-0.2, 0) is 9.09 Å². The minimum atomic E-state index is -6.56. The Hall–Kier alpha value is -2.26. The molecule has 0 aliphatic carbocycles. The van der Waals surface area contributed by atoms with E-state index in [0.717, 1.165) is 11.1 Å². The monoisotopic (exact) mass is 460 g/mol. The SMILES string of the molecule is Cc1ccc(OP(=O)(OCC(F)(F)C(F)(F)C(F)(F)F)Oc2ccc(C)cc2)cc1. The van der Waals surface area contributed by atoms with Crippen molar-refractivity contribution in [3.8, 4) is 11.5 Å². The van der Waals surface area contributed by atoms with Gasteiger partial charge in [-0.3, -0.25) is 4.52 Å². The molecule has 2 aromatic carbocycles. The molecule has 0 atom stereocenters. The summed E-state index contributed by atoms with van der Waals surface area (Å²) in [6.45, 7) is 0.819. The first-order chi connectivity index (χ1) is 13.7. The van der Waals surface area contributed by atoms with Crippen molar-refractivity contribution in [2.75, 3.05) is 6.61 Å². The van der Waals surface area contributed by atoms with Gasteiger partial charge in [-0.05, 0) is 38.1 Å². The van der Waals surface area contributed by atoms with Crippen LogP contribution in [0.4, 0.5) is 30.7 Å². The van der Waals surface area contributed by atoms with E-state index in [1.54, 1.807) is 13.8 Å². The number of rotatable bonds is 8. The highest BCUT2D eigenvalue weighted by atomic mass is 31.2. The number of phosphoric ester groups is 1. The molecule has 2 rings (SSSR count). The largest absolute Gasteiger partial charge is 0.587 e. The predicted molar refractivity (Wildman–Crippen MR) is 93.1 cm³/mol. The summed E-state index contributed by atoms with van der Waals surface area (Å²) in [6, 6.07) is 11.0. The lowest BCUT2D eigenvalue weighted by Gasteiger charge is -2.29. The Morgan fingerprint density at radius 1 is 0.733 bits per heavy atom. The Labute approximate surface area is 167 Å². The standard InChI is InChI=1S/C18H16F7O4P/c1-12-3-7-14(8-4-12)28-30(26,29-15-9-5-13(2)6-10-15)27-11-16(19,20)17(21,22)18(23,24)25/h3-10H,11H2,1-2H3. The van der Waals surface area contributed by atoms with Gasteiger partial charge >= 0.3 is 25.8 Å². The van der Waals surface area contributed by atoms with E-state index >= 15 is 0 Å². The van der Waals surface area contributed by atoms with Crippen molar-refractivity contribution in [1.82, 2.24) is 0 Å². The molecule has 0 aliphatic heterocycles. The number of halogens is 7. The summed E-state index contributed by atoms with van der Waals surface area (Å²) >= 11 is 0. The minimum Gasteiger partial charge on any atom is -0.395 e. The molecule has 0 fully saturated rings. The minimum absolute atomic E-state index is 0.207. The van der Waals surface area contributed by atoms with Crippen molar-refractivity contribution in [2.45, 2.75) is 31.9 Å². The molecule has 0 saturated heterocycles. The first-order valence-electron chi connectivity index (χ1n) is 8.25. The molecular formula is C18H16F7O4P. The van der Waals surface area contributed by atoms with Gasteiger partial charge in [-0.15, -0.1) is 0 Å². The van der Waals surface area contributed by atoms with Crippen LogP contribution >= 0.6 is 7.82 Å². The molecule has 0 spiro atoms. The topological polar surface area (TPSA) is 44.8 Å². The predicted octanol–water partition coefficient (Wildman–Crippen LogP) is 6.72. The van der Waals surface area contributed by atoms with Crippen LogP contribution in [0.5, 0.6) is 11.5 Å². The van der Waals surface area contributed by atoms with E-state index in [4.69, 9.17) is 9.05 Å². The summed E-state index contributed by atoms with van der Waals surface area (Å²) in [5.74, 6) is -12.6. The first kappa shape index (κ1) is 24.0. The summed E-state index contributed by atoms with van der Waals surface area (Å²) < 4.78 is 117. The van der Waals surface area contributed by atoms with Crippen molar-refractivity contribution >= 4 is 7.82 Å². The summed E-state index contributed by atoms with van der Waals surface area (Å²) in [6.07, 6.45) is -6.56. The Kier molecular flexibility index (Phi) is 6.78. The Morgan fingerprint density at radius 2 is 1.10 bits per heavy atom. The van der Waals surface area contributed by atoms with E-state index in [-0.39, 0.29) is 11.5 Å². The van der Waals surface area contributed by atoms with Crippen LogP contribution in [-0.4, -0.2) is 24.6 Å². The highest BCUT2D eigenvalue weighted by Crippen LogP contribution is 2.53. The Balaban J connectivity index is 2.29. The molecule has 4 nitrogen and oxygen atoms in total. The van der Waals surface area contributed by atoms with Crippen LogP contribution < -0.4 is 9.05 Å². The maximum Gasteiger partial charge on any atom is 0.587 e. The molecule has 0 amide bonds. The van der Waals surface area contributed by atoms with Crippen molar-refractivity contribution in [3.05, 3.63) is 59.7 Å². The second-order valence-corrected chi connectivity index (χ2v) is 7.82. The average Bonchev–Trinajstić information content (AvgIpc) is 2.63. The van der Waals surface area contributed by atoms with E-state index in [0.29, 0.717) is 0 Å². The maximum atomic E-state index is 13.6. The average molecular weight is 460 g/mol. The second kappa shape index (κ2) is 8.47. The molecule has 0 saturated carbocycles. The number of alkyl halides is 7. The van der Waals surface area contributed by atoms with E-state index in [2.05, 4.69) is 4.52 Å². The lowest BCUT2D eigenvalue weighted by atomic mass is 10.2. The lowest BCUT2D eigenvalue weighted by molar-refractivity contribution is -0.358. The zero-order valence-corrected chi connectivity index (χ0v) is 16.4. The van der Waals surface area contributed by atoms with Gasteiger partial charge in [-0.25, -0.2) is 4.57 Å². The van der Waals surface area contributed by atoms with Crippen LogP contribution in [0.25, 0.3) is 0 Å². The smallest absolute Gasteiger partial charge is 0.395 e. The number of phosphoric acid groups is 1. The molecule has 0 aromatic heterocycles. The molecule has 0 unspecified atom stereocenters. The summed E-state index contributed by atoms with van der Waals surface area (Å²) in [5, 5.41) is 0. The highest BCUT2D eigenvalue weighted by Gasteiger charge is 2.73. The number of benzene rings is 2. The van der Waals surface area contributed by atoms with Crippen LogP contribution in [0.3, 0.4) is 0 Å². The fraction of sp³-hybridized carbons (Fsp3) is 0.333. The fourth-order valence-corrected chi connectivity index (χ4v) is 3.21. The summed E-state index contributed by atoms with van der Waals surface area (Å²) in [5.41, 5.74) is 1.49. The molecule has 166 valence electrons. The highest BCUT2D eigenvalue weighted by molar-refractivity contribution is 7.49. The zero-order chi connectivity index (χ0) is 22.8. The van der Waals surface area contributed by atoms with Gasteiger partial charge in [0, 0.05) is 0 Å². The Morgan fingerprint density at radius 3 is 1.43 bits per heavy atom. The Bertz CT molecular complexity index is 845. The molecule has 0 heterocycles. The van der Waals surface area contributed by atoms with Gasteiger partial charge in [-0.1, -0.05) is 35.4 Å². The van der Waals surface area contributed by atoms with Gasteiger partial charge in [0.05, 0.1) is 0 Å². The third kappa shape index (κ3) is 5.66. The quantitative estimate of drug-likeness (QED) is 0.324. The van der Waals surface area contributed by atoms with E-state index in [1.807, 2.05) is 0 Å². The van der Waals surface area contributed by atoms with Crippen LogP contribution in [0.15, 0.2) is 48.5 Å². The van der Waals surface area contributed by atoms with Crippen molar-refractivity contribution in [2.24, 2.45) is 0 Å². The molecular weight excluding hydrogens is 444 g/mol. The molecule has 2 aromatic rings.